The molecule has 0 atom stereocenters. The molecule has 110 valence electrons. The molecule has 0 aliphatic heterocycles. The molecule has 2 aromatic carbocycles. The van der Waals surface area contributed by atoms with Gasteiger partial charge in [0.25, 0.3) is 0 Å². The Morgan fingerprint density at radius 2 is 1.38 bits per heavy atom. The van der Waals surface area contributed by atoms with Gasteiger partial charge >= 0.3 is 12.3 Å². The number of esters is 1. The van der Waals surface area contributed by atoms with Crippen molar-refractivity contribution in [3.8, 4) is 16.9 Å². The number of rotatable bonds is 3. The van der Waals surface area contributed by atoms with Crippen LogP contribution in [0.5, 0.6) is 5.75 Å². The van der Waals surface area contributed by atoms with E-state index in [9.17, 15) is 18.0 Å². The van der Waals surface area contributed by atoms with Crippen molar-refractivity contribution in [2.45, 2.75) is 6.36 Å². The molecule has 0 amide bonds. The van der Waals surface area contributed by atoms with Crippen LogP contribution in [0.3, 0.4) is 0 Å². The molecule has 0 unspecified atom stereocenters. The Morgan fingerprint density at radius 1 is 0.905 bits per heavy atom. The molecule has 21 heavy (non-hydrogen) atoms. The van der Waals surface area contributed by atoms with Crippen LogP contribution >= 0.6 is 0 Å². The van der Waals surface area contributed by atoms with Crippen LogP contribution in [0.2, 0.25) is 0 Å². The van der Waals surface area contributed by atoms with Gasteiger partial charge in [0.2, 0.25) is 0 Å². The Hall–Kier alpha value is -2.50. The summed E-state index contributed by atoms with van der Waals surface area (Å²) in [4.78, 5) is 11.3. The van der Waals surface area contributed by atoms with Crippen LogP contribution in [-0.2, 0) is 4.74 Å². The lowest BCUT2D eigenvalue weighted by Gasteiger charge is -2.09. The second-order valence-corrected chi connectivity index (χ2v) is 4.14. The normalized spacial score (nSPS) is 11.0. The van der Waals surface area contributed by atoms with Gasteiger partial charge in [0.15, 0.2) is 0 Å². The molecule has 0 radical (unpaired) electrons. The molecular formula is C15H11F3O3. The summed E-state index contributed by atoms with van der Waals surface area (Å²) in [5, 5.41) is 0. The van der Waals surface area contributed by atoms with Gasteiger partial charge in [-0.15, -0.1) is 13.2 Å². The first-order valence-electron chi connectivity index (χ1n) is 5.93. The Labute approximate surface area is 118 Å². The minimum atomic E-state index is -4.70. The van der Waals surface area contributed by atoms with E-state index in [-0.39, 0.29) is 5.75 Å². The lowest BCUT2D eigenvalue weighted by molar-refractivity contribution is -0.274. The fourth-order valence-electron chi connectivity index (χ4n) is 1.77. The number of halogens is 3. The van der Waals surface area contributed by atoms with Gasteiger partial charge in [-0.3, -0.25) is 0 Å². The van der Waals surface area contributed by atoms with Crippen molar-refractivity contribution in [2.75, 3.05) is 7.11 Å². The molecule has 0 aliphatic carbocycles. The van der Waals surface area contributed by atoms with Crippen molar-refractivity contribution in [3.63, 3.8) is 0 Å². The number of hydrogen-bond acceptors (Lipinski definition) is 3. The van der Waals surface area contributed by atoms with Crippen LogP contribution < -0.4 is 4.74 Å². The van der Waals surface area contributed by atoms with E-state index in [0.717, 1.165) is 5.56 Å². The van der Waals surface area contributed by atoms with E-state index in [2.05, 4.69) is 9.47 Å². The van der Waals surface area contributed by atoms with Crippen LogP contribution in [0, 0.1) is 0 Å². The van der Waals surface area contributed by atoms with Crippen molar-refractivity contribution in [3.05, 3.63) is 54.1 Å². The van der Waals surface area contributed by atoms with E-state index in [0.29, 0.717) is 11.1 Å². The van der Waals surface area contributed by atoms with Gasteiger partial charge in [-0.05, 0) is 35.4 Å². The average Bonchev–Trinajstić information content (AvgIpc) is 2.46. The summed E-state index contributed by atoms with van der Waals surface area (Å²) in [5.41, 5.74) is 1.88. The first kappa shape index (κ1) is 14.9. The lowest BCUT2D eigenvalue weighted by atomic mass is 10.0. The van der Waals surface area contributed by atoms with E-state index >= 15 is 0 Å². The molecule has 0 aromatic heterocycles. The zero-order valence-corrected chi connectivity index (χ0v) is 11.0. The van der Waals surface area contributed by atoms with E-state index in [4.69, 9.17) is 0 Å². The first-order chi connectivity index (χ1) is 9.89. The zero-order valence-electron chi connectivity index (χ0n) is 11.0. The molecular weight excluding hydrogens is 285 g/mol. The van der Waals surface area contributed by atoms with Crippen LogP contribution in [0.4, 0.5) is 13.2 Å². The molecule has 3 nitrogen and oxygen atoms in total. The number of alkyl halides is 3. The minimum absolute atomic E-state index is 0.280. The highest BCUT2D eigenvalue weighted by Gasteiger charge is 2.30. The Balaban J connectivity index is 2.17. The third-order valence-corrected chi connectivity index (χ3v) is 2.73. The SMILES string of the molecule is COC(=O)c1ccc(-c2ccc(OC(F)(F)F)cc2)cc1. The van der Waals surface area contributed by atoms with E-state index in [1.165, 1.54) is 31.4 Å². The maximum Gasteiger partial charge on any atom is 0.573 e. The Kier molecular flexibility index (Phi) is 4.16. The van der Waals surface area contributed by atoms with Crippen molar-refractivity contribution in [2.24, 2.45) is 0 Å². The Morgan fingerprint density at radius 3 is 1.81 bits per heavy atom. The van der Waals surface area contributed by atoms with Gasteiger partial charge < -0.3 is 9.47 Å². The first-order valence-corrected chi connectivity index (χ1v) is 5.93. The topological polar surface area (TPSA) is 35.5 Å². The summed E-state index contributed by atoms with van der Waals surface area (Å²) < 4.78 is 44.5. The predicted molar refractivity (Wildman–Crippen MR) is 69.9 cm³/mol. The quantitative estimate of drug-likeness (QED) is 0.802. The van der Waals surface area contributed by atoms with E-state index in [1.807, 2.05) is 0 Å². The summed E-state index contributed by atoms with van der Waals surface area (Å²) in [5.74, 6) is -0.729. The third-order valence-electron chi connectivity index (χ3n) is 2.73. The van der Waals surface area contributed by atoms with Crippen LogP contribution in [0.15, 0.2) is 48.5 Å². The van der Waals surface area contributed by atoms with Crippen molar-refractivity contribution < 1.29 is 27.4 Å². The summed E-state index contributed by atoms with van der Waals surface area (Å²) in [6.45, 7) is 0. The Bertz CT molecular complexity index is 616. The largest absolute Gasteiger partial charge is 0.573 e. The van der Waals surface area contributed by atoms with Gasteiger partial charge in [-0.1, -0.05) is 24.3 Å². The maximum absolute atomic E-state index is 12.1. The number of ether oxygens (including phenoxy) is 2. The maximum atomic E-state index is 12.1. The van der Waals surface area contributed by atoms with Crippen LogP contribution in [0.25, 0.3) is 11.1 Å². The fourth-order valence-corrected chi connectivity index (χ4v) is 1.77. The predicted octanol–water partition coefficient (Wildman–Crippen LogP) is 4.04. The average molecular weight is 296 g/mol. The minimum Gasteiger partial charge on any atom is -0.465 e. The molecule has 0 saturated carbocycles. The number of methoxy groups -OCH3 is 1. The van der Waals surface area contributed by atoms with Gasteiger partial charge in [0.1, 0.15) is 5.75 Å². The molecule has 0 fully saturated rings. The molecule has 0 N–H and O–H groups in total. The highest BCUT2D eigenvalue weighted by molar-refractivity contribution is 5.89. The molecule has 2 rings (SSSR count). The second-order valence-electron chi connectivity index (χ2n) is 4.14. The van der Waals surface area contributed by atoms with Crippen molar-refractivity contribution >= 4 is 5.97 Å². The smallest absolute Gasteiger partial charge is 0.465 e. The molecule has 0 heterocycles. The van der Waals surface area contributed by atoms with Crippen LogP contribution in [0.1, 0.15) is 10.4 Å². The van der Waals surface area contributed by atoms with Gasteiger partial charge in [-0.2, -0.15) is 0 Å². The summed E-state index contributed by atoms with van der Waals surface area (Å²) in [7, 11) is 1.29. The van der Waals surface area contributed by atoms with Crippen molar-refractivity contribution in [1.82, 2.24) is 0 Å². The lowest BCUT2D eigenvalue weighted by Crippen LogP contribution is -2.16. The highest BCUT2D eigenvalue weighted by Crippen LogP contribution is 2.26. The molecule has 6 heteroatoms. The monoisotopic (exact) mass is 296 g/mol. The second kappa shape index (κ2) is 5.87. The van der Waals surface area contributed by atoms with Crippen molar-refractivity contribution in [1.29, 1.82) is 0 Å². The van der Waals surface area contributed by atoms with E-state index < -0.39 is 12.3 Å². The molecule has 0 bridgehead atoms. The molecule has 2 aromatic rings. The highest BCUT2D eigenvalue weighted by atomic mass is 19.4. The fraction of sp³-hybridized carbons (Fsp3) is 0.133. The molecule has 0 spiro atoms. The third kappa shape index (κ3) is 3.98. The summed E-state index contributed by atoms with van der Waals surface area (Å²) >= 11 is 0. The zero-order chi connectivity index (χ0) is 15.5. The molecule has 0 aliphatic rings. The van der Waals surface area contributed by atoms with Crippen LogP contribution in [-0.4, -0.2) is 19.4 Å². The standard InChI is InChI=1S/C15H11F3O3/c1-20-14(19)12-4-2-10(3-5-12)11-6-8-13(9-7-11)21-15(16,17)18/h2-9H,1H3. The summed E-state index contributed by atoms with van der Waals surface area (Å²) in [6.07, 6.45) is -4.70. The number of carbonyl (C=O) groups excluding carboxylic acids is 1. The number of hydrogen-bond donors (Lipinski definition) is 0. The number of benzene rings is 2. The van der Waals surface area contributed by atoms with E-state index in [1.54, 1.807) is 24.3 Å². The van der Waals surface area contributed by atoms with Gasteiger partial charge in [0.05, 0.1) is 12.7 Å². The molecule has 0 saturated heterocycles. The van der Waals surface area contributed by atoms with Gasteiger partial charge in [0, 0.05) is 0 Å². The summed E-state index contributed by atoms with van der Waals surface area (Å²) in [6, 6.07) is 12.0. The van der Waals surface area contributed by atoms with Gasteiger partial charge in [-0.25, -0.2) is 4.79 Å². The number of carbonyl (C=O) groups is 1.